The number of ether oxygens (including phenoxy) is 1. The van der Waals surface area contributed by atoms with Crippen molar-refractivity contribution < 1.29 is 4.74 Å². The Labute approximate surface area is 128 Å². The van der Waals surface area contributed by atoms with Crippen LogP contribution in [-0.4, -0.2) is 16.5 Å². The fraction of sp³-hybridized carbons (Fsp3) is 0.0667. The van der Waals surface area contributed by atoms with E-state index in [0.717, 1.165) is 16.0 Å². The van der Waals surface area contributed by atoms with E-state index in [2.05, 4.69) is 4.98 Å². The van der Waals surface area contributed by atoms with Crippen molar-refractivity contribution in [3.05, 3.63) is 51.8 Å². The molecule has 0 aliphatic carbocycles. The molecule has 0 N–H and O–H groups in total. The highest BCUT2D eigenvalue weighted by atomic mass is 35.5. The van der Waals surface area contributed by atoms with Crippen LogP contribution in [0.2, 0.25) is 5.02 Å². The Morgan fingerprint density at radius 2 is 2.10 bits per heavy atom. The largest absolute Gasteiger partial charge is 0.497 e. The van der Waals surface area contributed by atoms with Gasteiger partial charge in [0, 0.05) is 5.02 Å². The maximum Gasteiger partial charge on any atom is 0.266 e. The van der Waals surface area contributed by atoms with Crippen molar-refractivity contribution >= 4 is 49.0 Å². The summed E-state index contributed by atoms with van der Waals surface area (Å²) < 4.78 is 7.82. The Morgan fingerprint density at radius 1 is 1.24 bits per heavy atom. The minimum absolute atomic E-state index is 0.0805. The monoisotopic (exact) mass is 316 g/mol. The number of thiazole rings is 1. The number of rotatable bonds is 1. The van der Waals surface area contributed by atoms with Crippen LogP contribution in [0.15, 0.2) is 41.2 Å². The lowest BCUT2D eigenvalue weighted by Gasteiger charge is -2.00. The first-order valence-corrected chi connectivity index (χ1v) is 7.45. The summed E-state index contributed by atoms with van der Waals surface area (Å²) in [5.74, 6) is 0.759. The Kier molecular flexibility index (Phi) is 2.67. The fourth-order valence-electron chi connectivity index (χ4n) is 2.41. The van der Waals surface area contributed by atoms with Crippen LogP contribution in [0.25, 0.3) is 26.1 Å². The molecule has 4 rings (SSSR count). The molecule has 0 saturated carbocycles. The van der Waals surface area contributed by atoms with E-state index in [-0.39, 0.29) is 5.56 Å². The second-order valence-electron chi connectivity index (χ2n) is 4.63. The number of halogens is 1. The van der Waals surface area contributed by atoms with Gasteiger partial charge in [0.15, 0.2) is 4.96 Å². The average molecular weight is 317 g/mol. The molecule has 0 amide bonds. The van der Waals surface area contributed by atoms with Crippen molar-refractivity contribution in [3.63, 3.8) is 0 Å². The zero-order valence-corrected chi connectivity index (χ0v) is 12.5. The zero-order valence-electron chi connectivity index (χ0n) is 11.0. The van der Waals surface area contributed by atoms with Crippen molar-refractivity contribution in [2.45, 2.75) is 0 Å². The fourth-order valence-corrected chi connectivity index (χ4v) is 3.62. The predicted octanol–water partition coefficient (Wildman–Crippen LogP) is 3.72. The van der Waals surface area contributed by atoms with Crippen molar-refractivity contribution in [1.29, 1.82) is 0 Å². The lowest BCUT2D eigenvalue weighted by Crippen LogP contribution is -2.13. The first kappa shape index (κ1) is 12.6. The molecule has 4 aromatic rings. The molecule has 0 saturated heterocycles. The van der Waals surface area contributed by atoms with Crippen LogP contribution in [0.3, 0.4) is 0 Å². The summed E-state index contributed by atoms with van der Waals surface area (Å²) in [6, 6.07) is 10.8. The number of methoxy groups -OCH3 is 1. The molecule has 104 valence electrons. The van der Waals surface area contributed by atoms with Crippen molar-refractivity contribution in [2.24, 2.45) is 0 Å². The maximum absolute atomic E-state index is 12.7. The topological polar surface area (TPSA) is 43.6 Å². The van der Waals surface area contributed by atoms with Crippen molar-refractivity contribution in [3.8, 4) is 5.75 Å². The molecule has 2 aromatic carbocycles. The average Bonchev–Trinajstić information content (AvgIpc) is 2.84. The highest BCUT2D eigenvalue weighted by Gasteiger charge is 2.12. The zero-order chi connectivity index (χ0) is 14.6. The SMILES string of the molecule is COc1ccc2c(c1)sc1nc3cc(Cl)ccc3c(=O)n12. The van der Waals surface area contributed by atoms with Crippen LogP contribution >= 0.6 is 22.9 Å². The second-order valence-corrected chi connectivity index (χ2v) is 6.08. The van der Waals surface area contributed by atoms with Gasteiger partial charge in [-0.15, -0.1) is 0 Å². The molecule has 21 heavy (non-hydrogen) atoms. The molecule has 0 aliphatic rings. The van der Waals surface area contributed by atoms with E-state index in [1.807, 2.05) is 18.2 Å². The van der Waals surface area contributed by atoms with Gasteiger partial charge in [0.2, 0.25) is 0 Å². The van der Waals surface area contributed by atoms with Gasteiger partial charge in [-0.25, -0.2) is 4.98 Å². The first-order valence-electron chi connectivity index (χ1n) is 6.26. The summed E-state index contributed by atoms with van der Waals surface area (Å²) in [6.45, 7) is 0. The summed E-state index contributed by atoms with van der Waals surface area (Å²) in [7, 11) is 1.62. The molecule has 0 bridgehead atoms. The van der Waals surface area contributed by atoms with E-state index in [0.29, 0.717) is 20.9 Å². The predicted molar refractivity (Wildman–Crippen MR) is 85.9 cm³/mol. The van der Waals surface area contributed by atoms with Gasteiger partial charge in [-0.3, -0.25) is 9.20 Å². The van der Waals surface area contributed by atoms with E-state index < -0.39 is 0 Å². The van der Waals surface area contributed by atoms with Crippen molar-refractivity contribution in [1.82, 2.24) is 9.38 Å². The standard InChI is InChI=1S/C15H9ClN2O2S/c1-20-9-3-5-12-13(7-9)21-15-17-11-6-8(16)2-4-10(11)14(19)18(12)15/h2-7H,1H3. The molecule has 0 fully saturated rings. The Bertz CT molecular complexity index is 1070. The number of benzene rings is 2. The number of fused-ring (bicyclic) bond motifs is 4. The summed E-state index contributed by atoms with van der Waals surface area (Å²) in [5, 5.41) is 1.13. The molecular formula is C15H9ClN2O2S. The Hall–Kier alpha value is -2.11. The Morgan fingerprint density at radius 3 is 2.90 bits per heavy atom. The lowest BCUT2D eigenvalue weighted by atomic mass is 10.2. The summed E-state index contributed by atoms with van der Waals surface area (Å²) in [5.41, 5.74) is 1.37. The molecule has 2 heterocycles. The highest BCUT2D eigenvalue weighted by Crippen LogP contribution is 2.29. The van der Waals surface area contributed by atoms with Gasteiger partial charge in [-0.1, -0.05) is 22.9 Å². The minimum Gasteiger partial charge on any atom is -0.497 e. The Balaban J connectivity index is 2.22. The van der Waals surface area contributed by atoms with Gasteiger partial charge in [0.1, 0.15) is 5.75 Å². The molecule has 4 nitrogen and oxygen atoms in total. The molecule has 6 heteroatoms. The van der Waals surface area contributed by atoms with Crippen LogP contribution in [0.4, 0.5) is 0 Å². The molecule has 0 atom stereocenters. The minimum atomic E-state index is -0.0805. The first-order chi connectivity index (χ1) is 10.2. The summed E-state index contributed by atoms with van der Waals surface area (Å²) >= 11 is 7.43. The van der Waals surface area contributed by atoms with Crippen molar-refractivity contribution in [2.75, 3.05) is 7.11 Å². The van der Waals surface area contributed by atoms with Gasteiger partial charge in [-0.2, -0.15) is 0 Å². The third-order valence-corrected chi connectivity index (χ3v) is 4.65. The molecule has 0 aliphatic heterocycles. The van der Waals surface area contributed by atoms with E-state index in [4.69, 9.17) is 16.3 Å². The molecular weight excluding hydrogens is 308 g/mol. The lowest BCUT2D eigenvalue weighted by molar-refractivity contribution is 0.415. The molecule has 2 aromatic heterocycles. The van der Waals surface area contributed by atoms with Gasteiger partial charge in [0.25, 0.3) is 5.56 Å². The quantitative estimate of drug-likeness (QED) is 0.537. The van der Waals surface area contributed by atoms with Crippen LogP contribution in [0, 0.1) is 0 Å². The van der Waals surface area contributed by atoms with E-state index in [9.17, 15) is 4.79 Å². The van der Waals surface area contributed by atoms with Gasteiger partial charge >= 0.3 is 0 Å². The van der Waals surface area contributed by atoms with Crippen LogP contribution in [-0.2, 0) is 0 Å². The summed E-state index contributed by atoms with van der Waals surface area (Å²) in [4.78, 5) is 17.9. The van der Waals surface area contributed by atoms with Crippen LogP contribution < -0.4 is 10.3 Å². The molecule has 0 spiro atoms. The van der Waals surface area contributed by atoms with E-state index in [1.165, 1.54) is 11.3 Å². The van der Waals surface area contributed by atoms with Gasteiger partial charge in [0.05, 0.1) is 28.2 Å². The smallest absolute Gasteiger partial charge is 0.266 e. The normalized spacial score (nSPS) is 11.5. The van der Waals surface area contributed by atoms with Crippen LogP contribution in [0.5, 0.6) is 5.75 Å². The molecule has 0 unspecified atom stereocenters. The van der Waals surface area contributed by atoms with Gasteiger partial charge in [-0.05, 0) is 36.4 Å². The van der Waals surface area contributed by atoms with E-state index >= 15 is 0 Å². The number of hydrogen-bond acceptors (Lipinski definition) is 4. The van der Waals surface area contributed by atoms with Gasteiger partial charge < -0.3 is 4.74 Å². The van der Waals surface area contributed by atoms with Crippen LogP contribution in [0.1, 0.15) is 0 Å². The third-order valence-electron chi connectivity index (χ3n) is 3.41. The number of nitrogens with zero attached hydrogens (tertiary/aromatic N) is 2. The highest BCUT2D eigenvalue weighted by molar-refractivity contribution is 7.23. The number of hydrogen-bond donors (Lipinski definition) is 0. The summed E-state index contributed by atoms with van der Waals surface area (Å²) in [6.07, 6.45) is 0. The second kappa shape index (κ2) is 4.44. The molecule has 0 radical (unpaired) electrons. The maximum atomic E-state index is 12.7. The number of aromatic nitrogens is 2. The van der Waals surface area contributed by atoms with E-state index in [1.54, 1.807) is 29.7 Å². The third kappa shape index (κ3) is 1.81.